The molecule has 0 saturated heterocycles. The molecule has 2 atom stereocenters. The van der Waals surface area contributed by atoms with Crippen LogP contribution in [0.25, 0.3) is 0 Å². The smallest absolute Gasteiger partial charge is 0.308 e. The molecule has 1 saturated carbocycles. The standard InChI is InChI=1S/C14H20N2O3/c1-14(8-4-3-6-10(14)13(18)19)15-12(17)11-7-5-9-16(11)2/h5,7,9-10H,3-4,6,8H2,1-2H3,(H,15,17)(H,18,19). The van der Waals surface area contributed by atoms with E-state index < -0.39 is 17.4 Å². The van der Waals surface area contributed by atoms with Gasteiger partial charge in [0, 0.05) is 13.2 Å². The Morgan fingerprint density at radius 3 is 2.79 bits per heavy atom. The molecule has 1 amide bonds. The van der Waals surface area contributed by atoms with E-state index in [0.29, 0.717) is 18.5 Å². The van der Waals surface area contributed by atoms with Gasteiger partial charge < -0.3 is 15.0 Å². The van der Waals surface area contributed by atoms with E-state index in [2.05, 4.69) is 5.32 Å². The van der Waals surface area contributed by atoms with Crippen molar-refractivity contribution in [2.75, 3.05) is 0 Å². The zero-order valence-corrected chi connectivity index (χ0v) is 11.3. The van der Waals surface area contributed by atoms with Gasteiger partial charge in [0.25, 0.3) is 5.91 Å². The van der Waals surface area contributed by atoms with Crippen LogP contribution in [0.15, 0.2) is 18.3 Å². The van der Waals surface area contributed by atoms with E-state index in [1.165, 1.54) is 0 Å². The lowest BCUT2D eigenvalue weighted by Crippen LogP contribution is -2.55. The predicted octanol–water partition coefficient (Wildman–Crippen LogP) is 1.79. The van der Waals surface area contributed by atoms with E-state index in [0.717, 1.165) is 12.8 Å². The average molecular weight is 264 g/mol. The number of hydrogen-bond acceptors (Lipinski definition) is 2. The monoisotopic (exact) mass is 264 g/mol. The summed E-state index contributed by atoms with van der Waals surface area (Å²) < 4.78 is 1.73. The van der Waals surface area contributed by atoms with Gasteiger partial charge >= 0.3 is 5.97 Å². The first-order valence-corrected chi connectivity index (χ1v) is 6.61. The fourth-order valence-electron chi connectivity index (χ4n) is 2.90. The average Bonchev–Trinajstić information content (AvgIpc) is 2.75. The SMILES string of the molecule is Cn1cccc1C(=O)NC1(C)CCCCC1C(=O)O. The summed E-state index contributed by atoms with van der Waals surface area (Å²) in [6, 6.07) is 3.53. The molecule has 0 aromatic carbocycles. The van der Waals surface area contributed by atoms with Gasteiger partial charge in [-0.3, -0.25) is 9.59 Å². The molecule has 1 aliphatic rings. The Kier molecular flexibility index (Phi) is 3.64. The maximum atomic E-state index is 12.2. The summed E-state index contributed by atoms with van der Waals surface area (Å²) in [5.41, 5.74) is -0.109. The third-order valence-corrected chi connectivity index (χ3v) is 4.08. The molecule has 0 spiro atoms. The van der Waals surface area contributed by atoms with Crippen molar-refractivity contribution < 1.29 is 14.7 Å². The number of carbonyl (C=O) groups is 2. The number of carboxylic acid groups (broad SMARTS) is 1. The predicted molar refractivity (Wildman–Crippen MR) is 70.9 cm³/mol. The zero-order chi connectivity index (χ0) is 14.0. The Labute approximate surface area is 112 Å². The first kappa shape index (κ1) is 13.6. The van der Waals surface area contributed by atoms with Crippen molar-refractivity contribution in [3.05, 3.63) is 24.0 Å². The maximum Gasteiger partial charge on any atom is 0.308 e. The Morgan fingerprint density at radius 2 is 2.21 bits per heavy atom. The van der Waals surface area contributed by atoms with Crippen LogP contribution in [0.4, 0.5) is 0 Å². The van der Waals surface area contributed by atoms with Gasteiger partial charge in [-0.25, -0.2) is 0 Å². The van der Waals surface area contributed by atoms with E-state index in [9.17, 15) is 14.7 Å². The van der Waals surface area contributed by atoms with Crippen LogP contribution in [0.1, 0.15) is 43.1 Å². The largest absolute Gasteiger partial charge is 0.481 e. The van der Waals surface area contributed by atoms with Crippen LogP contribution < -0.4 is 5.32 Å². The molecule has 0 radical (unpaired) electrons. The number of carboxylic acids is 1. The van der Waals surface area contributed by atoms with E-state index >= 15 is 0 Å². The molecule has 2 rings (SSSR count). The summed E-state index contributed by atoms with van der Waals surface area (Å²) in [7, 11) is 1.80. The summed E-state index contributed by atoms with van der Waals surface area (Å²) in [6.45, 7) is 1.84. The van der Waals surface area contributed by atoms with Crippen molar-refractivity contribution in [2.45, 2.75) is 38.1 Å². The lowest BCUT2D eigenvalue weighted by molar-refractivity contribution is -0.145. The number of carbonyl (C=O) groups excluding carboxylic acids is 1. The first-order chi connectivity index (χ1) is 8.94. The summed E-state index contributed by atoms with van der Waals surface area (Å²) in [6.07, 6.45) is 4.99. The van der Waals surface area contributed by atoms with Crippen molar-refractivity contribution in [3.63, 3.8) is 0 Å². The number of aryl methyl sites for hydroxylation is 1. The van der Waals surface area contributed by atoms with Crippen molar-refractivity contribution in [2.24, 2.45) is 13.0 Å². The normalized spacial score (nSPS) is 26.9. The van der Waals surface area contributed by atoms with Gasteiger partial charge in [-0.05, 0) is 31.9 Å². The van der Waals surface area contributed by atoms with Gasteiger partial charge in [-0.2, -0.15) is 0 Å². The van der Waals surface area contributed by atoms with Gasteiger partial charge in [-0.1, -0.05) is 12.8 Å². The number of aliphatic carboxylic acids is 1. The minimum Gasteiger partial charge on any atom is -0.481 e. The summed E-state index contributed by atoms with van der Waals surface area (Å²) in [4.78, 5) is 23.6. The summed E-state index contributed by atoms with van der Waals surface area (Å²) in [5, 5.41) is 12.2. The highest BCUT2D eigenvalue weighted by Crippen LogP contribution is 2.34. The van der Waals surface area contributed by atoms with Crippen molar-refractivity contribution >= 4 is 11.9 Å². The van der Waals surface area contributed by atoms with Crippen LogP contribution in [0.3, 0.4) is 0 Å². The summed E-state index contributed by atoms with van der Waals surface area (Å²) >= 11 is 0. The first-order valence-electron chi connectivity index (χ1n) is 6.61. The second kappa shape index (κ2) is 5.07. The molecule has 5 heteroatoms. The molecular weight excluding hydrogens is 244 g/mol. The number of aromatic nitrogens is 1. The Bertz CT molecular complexity index is 495. The van der Waals surface area contributed by atoms with Gasteiger partial charge in [0.1, 0.15) is 5.69 Å². The number of amides is 1. The van der Waals surface area contributed by atoms with Crippen LogP contribution in [0.5, 0.6) is 0 Å². The van der Waals surface area contributed by atoms with Crippen molar-refractivity contribution in [1.82, 2.24) is 9.88 Å². The molecule has 1 heterocycles. The highest BCUT2D eigenvalue weighted by molar-refractivity contribution is 5.93. The molecule has 1 fully saturated rings. The van der Waals surface area contributed by atoms with Crippen molar-refractivity contribution in [3.8, 4) is 0 Å². The van der Waals surface area contributed by atoms with Gasteiger partial charge in [0.05, 0.1) is 11.5 Å². The molecule has 1 aliphatic carbocycles. The molecule has 5 nitrogen and oxygen atoms in total. The molecule has 104 valence electrons. The van der Waals surface area contributed by atoms with E-state index in [-0.39, 0.29) is 5.91 Å². The third-order valence-electron chi connectivity index (χ3n) is 4.08. The fraction of sp³-hybridized carbons (Fsp3) is 0.571. The van der Waals surface area contributed by atoms with Crippen LogP contribution in [0.2, 0.25) is 0 Å². The Morgan fingerprint density at radius 1 is 1.47 bits per heavy atom. The highest BCUT2D eigenvalue weighted by atomic mass is 16.4. The van der Waals surface area contributed by atoms with Crippen LogP contribution in [-0.4, -0.2) is 27.1 Å². The molecule has 2 N–H and O–H groups in total. The number of rotatable bonds is 3. The Hall–Kier alpha value is -1.78. The van der Waals surface area contributed by atoms with E-state index in [4.69, 9.17) is 0 Å². The third kappa shape index (κ3) is 2.64. The molecule has 1 aromatic rings. The zero-order valence-electron chi connectivity index (χ0n) is 11.3. The molecule has 0 bridgehead atoms. The minimum atomic E-state index is -0.825. The number of nitrogens with zero attached hydrogens (tertiary/aromatic N) is 1. The van der Waals surface area contributed by atoms with Gasteiger partial charge in [-0.15, -0.1) is 0 Å². The van der Waals surface area contributed by atoms with Crippen molar-refractivity contribution in [1.29, 1.82) is 0 Å². The maximum absolute atomic E-state index is 12.2. The molecular formula is C14H20N2O3. The summed E-state index contributed by atoms with van der Waals surface area (Å²) in [5.74, 6) is -1.54. The van der Waals surface area contributed by atoms with Gasteiger partial charge in [0.15, 0.2) is 0 Å². The lowest BCUT2D eigenvalue weighted by Gasteiger charge is -2.39. The van der Waals surface area contributed by atoms with Crippen LogP contribution in [0, 0.1) is 5.92 Å². The topological polar surface area (TPSA) is 71.3 Å². The van der Waals surface area contributed by atoms with Gasteiger partial charge in [0.2, 0.25) is 0 Å². The van der Waals surface area contributed by atoms with E-state index in [1.807, 2.05) is 6.92 Å². The molecule has 19 heavy (non-hydrogen) atoms. The number of nitrogens with one attached hydrogen (secondary N) is 1. The second-order valence-electron chi connectivity index (χ2n) is 5.51. The minimum absolute atomic E-state index is 0.205. The number of hydrogen-bond donors (Lipinski definition) is 2. The molecule has 2 unspecified atom stereocenters. The molecule has 0 aliphatic heterocycles. The highest BCUT2D eigenvalue weighted by Gasteiger charge is 2.42. The van der Waals surface area contributed by atoms with Crippen LogP contribution in [-0.2, 0) is 11.8 Å². The lowest BCUT2D eigenvalue weighted by atomic mass is 9.74. The van der Waals surface area contributed by atoms with E-state index in [1.54, 1.807) is 29.9 Å². The van der Waals surface area contributed by atoms with Crippen LogP contribution >= 0.6 is 0 Å². The quantitative estimate of drug-likeness (QED) is 0.874. The fourth-order valence-corrected chi connectivity index (χ4v) is 2.90. The molecule has 1 aromatic heterocycles. The second-order valence-corrected chi connectivity index (χ2v) is 5.51. The Balaban J connectivity index is 2.17.